The van der Waals surface area contributed by atoms with Gasteiger partial charge >= 0.3 is 0 Å². The van der Waals surface area contributed by atoms with Gasteiger partial charge in [-0.3, -0.25) is 4.90 Å². The molecule has 110 valence electrons. The number of likely N-dealkylation sites (tertiary alicyclic amines) is 1. The molecule has 0 amide bonds. The van der Waals surface area contributed by atoms with Crippen LogP contribution in [0.15, 0.2) is 24.3 Å². The number of benzene rings is 1. The first-order valence-electron chi connectivity index (χ1n) is 8.37. The number of aryl methyl sites for hydroxylation is 1. The van der Waals surface area contributed by atoms with Crippen LogP contribution in [0.2, 0.25) is 0 Å². The molecule has 3 rings (SSSR count). The second-order valence-electron chi connectivity index (χ2n) is 6.57. The lowest BCUT2D eigenvalue weighted by atomic mass is 10.0. The van der Waals surface area contributed by atoms with Gasteiger partial charge in [-0.1, -0.05) is 31.2 Å². The van der Waals surface area contributed by atoms with Crippen molar-refractivity contribution in [2.45, 2.75) is 51.6 Å². The van der Waals surface area contributed by atoms with Gasteiger partial charge < -0.3 is 5.32 Å². The Kier molecular flexibility index (Phi) is 4.74. The molecule has 1 saturated heterocycles. The molecule has 0 radical (unpaired) electrons. The van der Waals surface area contributed by atoms with Crippen LogP contribution in [0, 0.1) is 5.92 Å². The summed E-state index contributed by atoms with van der Waals surface area (Å²) in [4.78, 5) is 2.61. The second-order valence-corrected chi connectivity index (χ2v) is 6.57. The fourth-order valence-corrected chi connectivity index (χ4v) is 3.09. The van der Waals surface area contributed by atoms with Crippen LogP contribution in [-0.2, 0) is 13.0 Å². The number of hydrogen-bond acceptors (Lipinski definition) is 2. The molecular weight excluding hydrogens is 244 g/mol. The zero-order chi connectivity index (χ0) is 13.8. The summed E-state index contributed by atoms with van der Waals surface area (Å²) in [7, 11) is 0. The highest BCUT2D eigenvalue weighted by Crippen LogP contribution is 2.28. The smallest absolute Gasteiger partial charge is 0.0233 e. The molecule has 2 nitrogen and oxygen atoms in total. The third-order valence-electron chi connectivity index (χ3n) is 4.82. The summed E-state index contributed by atoms with van der Waals surface area (Å²) in [5.74, 6) is 1.00. The number of piperidine rings is 1. The van der Waals surface area contributed by atoms with Gasteiger partial charge in [0.15, 0.2) is 0 Å². The molecule has 1 aliphatic heterocycles. The highest BCUT2D eigenvalue weighted by atomic mass is 15.1. The van der Waals surface area contributed by atoms with Crippen LogP contribution < -0.4 is 5.32 Å². The van der Waals surface area contributed by atoms with Crippen LogP contribution in [0.4, 0.5) is 0 Å². The molecule has 0 bridgehead atoms. The third-order valence-corrected chi connectivity index (χ3v) is 4.82. The summed E-state index contributed by atoms with van der Waals surface area (Å²) < 4.78 is 0. The van der Waals surface area contributed by atoms with Gasteiger partial charge in [-0.15, -0.1) is 0 Å². The molecule has 2 aliphatic rings. The number of rotatable bonds is 6. The third kappa shape index (κ3) is 4.07. The van der Waals surface area contributed by atoms with E-state index in [9.17, 15) is 0 Å². The second kappa shape index (κ2) is 6.73. The Morgan fingerprint density at radius 3 is 2.25 bits per heavy atom. The molecule has 2 fully saturated rings. The summed E-state index contributed by atoms with van der Waals surface area (Å²) >= 11 is 0. The highest BCUT2D eigenvalue weighted by Gasteiger charge is 2.24. The molecule has 1 saturated carbocycles. The lowest BCUT2D eigenvalue weighted by Gasteiger charge is -2.32. The molecule has 0 spiro atoms. The lowest BCUT2D eigenvalue weighted by Crippen LogP contribution is -2.42. The minimum absolute atomic E-state index is 0.773. The molecule has 0 atom stereocenters. The lowest BCUT2D eigenvalue weighted by molar-refractivity contribution is 0.190. The maximum absolute atomic E-state index is 3.76. The van der Waals surface area contributed by atoms with Gasteiger partial charge in [-0.25, -0.2) is 0 Å². The number of hydrogen-bond donors (Lipinski definition) is 1. The van der Waals surface area contributed by atoms with Crippen molar-refractivity contribution < 1.29 is 0 Å². The van der Waals surface area contributed by atoms with E-state index in [0.717, 1.165) is 24.9 Å². The summed E-state index contributed by atoms with van der Waals surface area (Å²) in [5.41, 5.74) is 2.91. The Balaban J connectivity index is 1.40. The van der Waals surface area contributed by atoms with Crippen LogP contribution in [0.3, 0.4) is 0 Å². The fraction of sp³-hybridized carbons (Fsp3) is 0.667. The van der Waals surface area contributed by atoms with Gasteiger partial charge in [0.25, 0.3) is 0 Å². The molecule has 1 N–H and O–H groups in total. The Bertz CT molecular complexity index is 400. The van der Waals surface area contributed by atoms with E-state index >= 15 is 0 Å². The average Bonchev–Trinajstić information content (AvgIpc) is 3.32. The zero-order valence-corrected chi connectivity index (χ0v) is 12.8. The van der Waals surface area contributed by atoms with Crippen LogP contribution >= 0.6 is 0 Å². The predicted molar refractivity (Wildman–Crippen MR) is 84.8 cm³/mol. The molecule has 1 aromatic rings. The van der Waals surface area contributed by atoms with Gasteiger partial charge in [0.05, 0.1) is 0 Å². The van der Waals surface area contributed by atoms with Crippen molar-refractivity contribution in [2.24, 2.45) is 5.92 Å². The van der Waals surface area contributed by atoms with Gasteiger partial charge in [-0.2, -0.15) is 0 Å². The Labute approximate surface area is 123 Å². The van der Waals surface area contributed by atoms with Crippen molar-refractivity contribution in [3.05, 3.63) is 35.4 Å². The summed E-state index contributed by atoms with van der Waals surface area (Å²) in [6, 6.07) is 9.93. The first kappa shape index (κ1) is 14.1. The maximum Gasteiger partial charge on any atom is 0.0233 e. The van der Waals surface area contributed by atoms with Crippen LogP contribution in [0.5, 0.6) is 0 Å². The standard InChI is InChI=1S/C18H28N2/c1-2-15-3-7-17(8-4-15)14-20-11-9-18(10-12-20)19-13-16-5-6-16/h3-4,7-8,16,18-19H,2,5-6,9-14H2,1H3. The quantitative estimate of drug-likeness (QED) is 0.855. The predicted octanol–water partition coefficient (Wildman–Crippen LogP) is 3.21. The molecule has 2 heteroatoms. The van der Waals surface area contributed by atoms with E-state index in [-0.39, 0.29) is 0 Å². The minimum Gasteiger partial charge on any atom is -0.314 e. The largest absolute Gasteiger partial charge is 0.314 e. The van der Waals surface area contributed by atoms with E-state index in [0.29, 0.717) is 0 Å². The maximum atomic E-state index is 3.76. The fourth-order valence-electron chi connectivity index (χ4n) is 3.09. The highest BCUT2D eigenvalue weighted by molar-refractivity contribution is 5.22. The van der Waals surface area contributed by atoms with Gasteiger partial charge in [0.1, 0.15) is 0 Å². The Morgan fingerprint density at radius 1 is 1.00 bits per heavy atom. The Hall–Kier alpha value is -0.860. The average molecular weight is 272 g/mol. The van der Waals surface area contributed by atoms with Crippen LogP contribution in [0.25, 0.3) is 0 Å². The summed E-state index contributed by atoms with van der Waals surface area (Å²) in [6.45, 7) is 7.10. The van der Waals surface area contributed by atoms with E-state index in [1.807, 2.05) is 0 Å². The molecular formula is C18H28N2. The number of nitrogens with zero attached hydrogens (tertiary/aromatic N) is 1. The molecule has 1 aromatic carbocycles. The normalized spacial score (nSPS) is 21.2. The van der Waals surface area contributed by atoms with Crippen molar-refractivity contribution in [3.63, 3.8) is 0 Å². The minimum atomic E-state index is 0.773. The first-order chi connectivity index (χ1) is 9.83. The van der Waals surface area contributed by atoms with E-state index in [1.165, 1.54) is 56.4 Å². The molecule has 1 aliphatic carbocycles. The van der Waals surface area contributed by atoms with Crippen LogP contribution in [0.1, 0.15) is 43.7 Å². The molecule has 0 aromatic heterocycles. The van der Waals surface area contributed by atoms with Crippen LogP contribution in [-0.4, -0.2) is 30.6 Å². The first-order valence-corrected chi connectivity index (χ1v) is 8.37. The zero-order valence-electron chi connectivity index (χ0n) is 12.8. The van der Waals surface area contributed by atoms with Crippen molar-refractivity contribution >= 4 is 0 Å². The number of nitrogens with one attached hydrogen (secondary N) is 1. The van der Waals surface area contributed by atoms with Crippen molar-refractivity contribution in [1.29, 1.82) is 0 Å². The van der Waals surface area contributed by atoms with Gasteiger partial charge in [0, 0.05) is 12.6 Å². The van der Waals surface area contributed by atoms with E-state index in [2.05, 4.69) is 41.4 Å². The molecule has 1 heterocycles. The SMILES string of the molecule is CCc1ccc(CN2CCC(NCC3CC3)CC2)cc1. The van der Waals surface area contributed by atoms with E-state index in [1.54, 1.807) is 0 Å². The monoisotopic (exact) mass is 272 g/mol. The van der Waals surface area contributed by atoms with Crippen molar-refractivity contribution in [2.75, 3.05) is 19.6 Å². The summed E-state index contributed by atoms with van der Waals surface area (Å²) in [6.07, 6.45) is 6.69. The summed E-state index contributed by atoms with van der Waals surface area (Å²) in [5, 5.41) is 3.76. The van der Waals surface area contributed by atoms with Crippen molar-refractivity contribution in [1.82, 2.24) is 10.2 Å². The molecule has 20 heavy (non-hydrogen) atoms. The van der Waals surface area contributed by atoms with E-state index in [4.69, 9.17) is 0 Å². The van der Waals surface area contributed by atoms with Crippen molar-refractivity contribution in [3.8, 4) is 0 Å². The van der Waals surface area contributed by atoms with Gasteiger partial charge in [-0.05, 0) is 68.8 Å². The molecule has 0 unspecified atom stereocenters. The van der Waals surface area contributed by atoms with E-state index < -0.39 is 0 Å². The topological polar surface area (TPSA) is 15.3 Å². The Morgan fingerprint density at radius 2 is 1.65 bits per heavy atom. The van der Waals surface area contributed by atoms with Gasteiger partial charge in [0.2, 0.25) is 0 Å².